The van der Waals surface area contributed by atoms with Crippen LogP contribution in [0.3, 0.4) is 0 Å². The van der Waals surface area contributed by atoms with Gasteiger partial charge >= 0.3 is 0 Å². The van der Waals surface area contributed by atoms with Gasteiger partial charge in [-0.15, -0.1) is 0 Å². The van der Waals surface area contributed by atoms with E-state index in [-0.39, 0.29) is 23.5 Å². The fourth-order valence-electron chi connectivity index (χ4n) is 7.17. The van der Waals surface area contributed by atoms with Crippen LogP contribution in [0, 0.1) is 12.8 Å². The number of benzene rings is 3. The van der Waals surface area contributed by atoms with Crippen molar-refractivity contribution in [1.29, 1.82) is 0 Å². The van der Waals surface area contributed by atoms with E-state index in [2.05, 4.69) is 17.0 Å². The molecule has 1 atom stereocenters. The molecule has 274 valence electrons. The molecule has 3 heterocycles. The Bertz CT molecular complexity index is 1970. The van der Waals surface area contributed by atoms with E-state index in [4.69, 9.17) is 28.3 Å². The number of carbonyl (C=O) groups is 2. The molecular formula is C41H48N4O7. The van der Waals surface area contributed by atoms with Gasteiger partial charge in [-0.05, 0) is 99.9 Å². The molecule has 0 radical (unpaired) electrons. The van der Waals surface area contributed by atoms with E-state index in [1.165, 1.54) is 21.3 Å². The number of rotatable bonds is 15. The van der Waals surface area contributed by atoms with Crippen LogP contribution in [-0.4, -0.2) is 92.7 Å². The molecule has 0 bridgehead atoms. The predicted octanol–water partition coefficient (Wildman–Crippen LogP) is 6.86. The van der Waals surface area contributed by atoms with Crippen LogP contribution in [0.5, 0.6) is 23.0 Å². The van der Waals surface area contributed by atoms with Crippen molar-refractivity contribution >= 4 is 22.7 Å². The fraction of sp³-hybridized carbons (Fsp3) is 0.390. The Kier molecular flexibility index (Phi) is 11.5. The van der Waals surface area contributed by atoms with E-state index in [1.807, 2.05) is 67.1 Å². The maximum Gasteiger partial charge on any atom is 0.253 e. The van der Waals surface area contributed by atoms with Gasteiger partial charge in [0.1, 0.15) is 17.3 Å². The van der Waals surface area contributed by atoms with Gasteiger partial charge in [-0.3, -0.25) is 9.59 Å². The Labute approximate surface area is 305 Å². The first-order valence-corrected chi connectivity index (χ1v) is 17.7. The third-order valence-corrected chi connectivity index (χ3v) is 10.1. The molecule has 1 fully saturated rings. The highest BCUT2D eigenvalue weighted by atomic mass is 16.5. The number of carbonyl (C=O) groups excluding carboxylic acids is 2. The summed E-state index contributed by atoms with van der Waals surface area (Å²) in [5, 5.41) is 0. The molecule has 5 aromatic rings. The van der Waals surface area contributed by atoms with Gasteiger partial charge in [-0.1, -0.05) is 24.3 Å². The second kappa shape index (κ2) is 16.4. The first-order valence-electron chi connectivity index (χ1n) is 17.7. The van der Waals surface area contributed by atoms with E-state index in [9.17, 15) is 9.59 Å². The number of hydrogen-bond acceptors (Lipinski definition) is 9. The highest BCUT2D eigenvalue weighted by Gasteiger charge is 2.30. The zero-order valence-electron chi connectivity index (χ0n) is 30.9. The molecule has 1 amide bonds. The van der Waals surface area contributed by atoms with Gasteiger partial charge in [0.05, 0.1) is 46.0 Å². The molecule has 11 nitrogen and oxygen atoms in total. The number of Topliss-reactive ketones (excluding diaryl/α,β-unsaturated/α-hetero) is 1. The second-order valence-electron chi connectivity index (χ2n) is 13.4. The zero-order valence-corrected chi connectivity index (χ0v) is 30.9. The Hall–Kier alpha value is -5.29. The van der Waals surface area contributed by atoms with Gasteiger partial charge in [0, 0.05) is 31.0 Å². The van der Waals surface area contributed by atoms with Gasteiger partial charge in [-0.25, -0.2) is 4.98 Å². The number of likely N-dealkylation sites (tertiary alicyclic amines) is 1. The van der Waals surface area contributed by atoms with E-state index in [0.717, 1.165) is 72.8 Å². The predicted molar refractivity (Wildman–Crippen MR) is 199 cm³/mol. The second-order valence-corrected chi connectivity index (χ2v) is 13.4. The number of piperidine rings is 1. The summed E-state index contributed by atoms with van der Waals surface area (Å²) in [5.74, 6) is 4.10. The SMILES string of the molecule is COc1ccc(C(CCN2CCC(C(=O)c3nc4ccccc4n3Cc3ccc(C)o3)CC2)CN(C)C(=O)c2cc(OC)c(OC)c(OC)c2)cc1. The molecule has 11 heteroatoms. The van der Waals surface area contributed by atoms with Crippen LogP contribution in [0.25, 0.3) is 11.0 Å². The quantitative estimate of drug-likeness (QED) is 0.108. The number of ketones is 1. The van der Waals surface area contributed by atoms with Gasteiger partial charge < -0.3 is 37.7 Å². The Balaban J connectivity index is 1.13. The van der Waals surface area contributed by atoms with Crippen LogP contribution in [-0.2, 0) is 6.54 Å². The summed E-state index contributed by atoms with van der Waals surface area (Å²) in [6.45, 7) is 5.33. The van der Waals surface area contributed by atoms with Crippen LogP contribution < -0.4 is 18.9 Å². The van der Waals surface area contributed by atoms with Crippen LogP contribution >= 0.6 is 0 Å². The topological polar surface area (TPSA) is 109 Å². The number of aryl methyl sites for hydroxylation is 1. The lowest BCUT2D eigenvalue weighted by molar-refractivity contribution is 0.0778. The smallest absolute Gasteiger partial charge is 0.253 e. The van der Waals surface area contributed by atoms with Crippen molar-refractivity contribution in [2.24, 2.45) is 5.92 Å². The van der Waals surface area contributed by atoms with Gasteiger partial charge in [0.2, 0.25) is 11.5 Å². The molecular weight excluding hydrogens is 660 g/mol. The van der Waals surface area contributed by atoms with Crippen LogP contribution in [0.2, 0.25) is 0 Å². The Morgan fingerprint density at radius 3 is 2.21 bits per heavy atom. The van der Waals surface area contributed by atoms with E-state index in [0.29, 0.717) is 41.7 Å². The fourth-order valence-corrected chi connectivity index (χ4v) is 7.17. The molecule has 1 saturated heterocycles. The van der Waals surface area contributed by atoms with Crippen molar-refractivity contribution in [2.45, 2.75) is 38.6 Å². The zero-order chi connectivity index (χ0) is 36.8. The molecule has 3 aromatic carbocycles. The molecule has 2 aromatic heterocycles. The third kappa shape index (κ3) is 7.94. The largest absolute Gasteiger partial charge is 0.497 e. The minimum Gasteiger partial charge on any atom is -0.497 e. The van der Waals surface area contributed by atoms with Crippen molar-refractivity contribution in [3.8, 4) is 23.0 Å². The molecule has 1 aliphatic rings. The summed E-state index contributed by atoms with van der Waals surface area (Å²) in [6, 6.07) is 23.2. The number of para-hydroxylation sites is 2. The maximum atomic E-state index is 14.0. The molecule has 6 rings (SSSR count). The number of ether oxygens (including phenoxy) is 4. The number of nitrogens with zero attached hydrogens (tertiary/aromatic N) is 4. The summed E-state index contributed by atoms with van der Waals surface area (Å²) in [7, 11) is 8.08. The molecule has 0 spiro atoms. The molecule has 1 aliphatic heterocycles. The van der Waals surface area contributed by atoms with Crippen LogP contribution in [0.1, 0.15) is 63.2 Å². The standard InChI is InChI=1S/C41H48N4O7/c1-27-11-14-33(52-27)26-45-35-10-8-7-9-34(35)42-40(45)38(46)29-17-20-44(21-18-29)22-19-30(28-12-15-32(48-3)16-13-28)25-43(2)41(47)31-23-36(49-4)39(51-6)37(24-31)50-5/h7-16,23-24,29-30H,17-22,25-26H2,1-6H3. The first kappa shape index (κ1) is 36.5. The summed E-state index contributed by atoms with van der Waals surface area (Å²) in [6.07, 6.45) is 2.35. The number of hydrogen-bond donors (Lipinski definition) is 0. The average Bonchev–Trinajstić information content (AvgIpc) is 3.77. The minimum absolute atomic E-state index is 0.0615. The first-order chi connectivity index (χ1) is 25.2. The van der Waals surface area contributed by atoms with Gasteiger partial charge in [0.25, 0.3) is 5.91 Å². The highest BCUT2D eigenvalue weighted by molar-refractivity contribution is 5.98. The molecule has 0 saturated carbocycles. The highest BCUT2D eigenvalue weighted by Crippen LogP contribution is 2.38. The van der Waals surface area contributed by atoms with Crippen molar-refractivity contribution in [1.82, 2.24) is 19.4 Å². The number of imidazole rings is 1. The van der Waals surface area contributed by atoms with Crippen LogP contribution in [0.4, 0.5) is 0 Å². The Morgan fingerprint density at radius 2 is 1.60 bits per heavy atom. The number of amides is 1. The molecule has 0 aliphatic carbocycles. The minimum atomic E-state index is -0.148. The molecule has 1 unspecified atom stereocenters. The number of furan rings is 1. The Morgan fingerprint density at radius 1 is 0.904 bits per heavy atom. The van der Waals surface area contributed by atoms with Crippen molar-refractivity contribution in [3.63, 3.8) is 0 Å². The number of methoxy groups -OCH3 is 4. The van der Waals surface area contributed by atoms with E-state index >= 15 is 0 Å². The third-order valence-electron chi connectivity index (χ3n) is 10.1. The molecule has 52 heavy (non-hydrogen) atoms. The average molecular weight is 709 g/mol. The van der Waals surface area contributed by atoms with Gasteiger partial charge in [0.15, 0.2) is 17.3 Å². The number of likely N-dealkylation sites (N-methyl/N-ethyl adjacent to an activating group) is 1. The van der Waals surface area contributed by atoms with Crippen molar-refractivity contribution < 1.29 is 33.0 Å². The van der Waals surface area contributed by atoms with E-state index < -0.39 is 0 Å². The van der Waals surface area contributed by atoms with Crippen molar-refractivity contribution in [2.75, 3.05) is 61.7 Å². The van der Waals surface area contributed by atoms with Crippen LogP contribution in [0.15, 0.2) is 77.2 Å². The lowest BCUT2D eigenvalue weighted by Gasteiger charge is -2.33. The number of fused-ring (bicyclic) bond motifs is 1. The number of aromatic nitrogens is 2. The lowest BCUT2D eigenvalue weighted by atomic mass is 9.90. The summed E-state index contributed by atoms with van der Waals surface area (Å²) in [5.41, 5.74) is 3.31. The monoisotopic (exact) mass is 708 g/mol. The van der Waals surface area contributed by atoms with Crippen molar-refractivity contribution in [3.05, 3.63) is 101 Å². The van der Waals surface area contributed by atoms with E-state index in [1.54, 1.807) is 24.1 Å². The lowest BCUT2D eigenvalue weighted by Crippen LogP contribution is -2.38. The van der Waals surface area contributed by atoms with Gasteiger partial charge in [-0.2, -0.15) is 0 Å². The summed E-state index contributed by atoms with van der Waals surface area (Å²) >= 11 is 0. The summed E-state index contributed by atoms with van der Waals surface area (Å²) in [4.78, 5) is 36.7. The molecule has 0 N–H and O–H groups in total. The summed E-state index contributed by atoms with van der Waals surface area (Å²) < 4.78 is 29.7. The maximum absolute atomic E-state index is 14.0. The normalized spacial score (nSPS) is 14.3.